The van der Waals surface area contributed by atoms with Crippen molar-refractivity contribution in [3.63, 3.8) is 0 Å². The van der Waals surface area contributed by atoms with Crippen molar-refractivity contribution in [3.8, 4) is 0 Å². The van der Waals surface area contributed by atoms with Crippen LogP contribution in [-0.2, 0) is 4.79 Å². The van der Waals surface area contributed by atoms with Gasteiger partial charge in [0.2, 0.25) is 5.91 Å². The summed E-state index contributed by atoms with van der Waals surface area (Å²) in [5.41, 5.74) is 1.58. The predicted octanol–water partition coefficient (Wildman–Crippen LogP) is 2.75. The number of amides is 1. The molecule has 1 N–H and O–H groups in total. The van der Waals surface area contributed by atoms with Gasteiger partial charge in [0.25, 0.3) is 0 Å². The highest BCUT2D eigenvalue weighted by atomic mass is 19.1. The molecule has 1 amide bonds. The molecule has 1 heterocycles. The third-order valence-electron chi connectivity index (χ3n) is 4.38. The van der Waals surface area contributed by atoms with Gasteiger partial charge in [-0.3, -0.25) is 9.69 Å². The third kappa shape index (κ3) is 3.99. The molecule has 1 aliphatic rings. The molecule has 4 nitrogen and oxygen atoms in total. The van der Waals surface area contributed by atoms with Gasteiger partial charge in [0.15, 0.2) is 0 Å². The maximum absolute atomic E-state index is 13.0. The minimum absolute atomic E-state index is 0.0858. The summed E-state index contributed by atoms with van der Waals surface area (Å²) in [5.74, 6) is -0.399. The van der Waals surface area contributed by atoms with Gasteiger partial charge in [-0.1, -0.05) is 30.3 Å². The van der Waals surface area contributed by atoms with Gasteiger partial charge in [0.1, 0.15) is 11.9 Å². The van der Waals surface area contributed by atoms with E-state index in [4.69, 9.17) is 0 Å². The Morgan fingerprint density at radius 1 is 1.00 bits per heavy atom. The van der Waals surface area contributed by atoms with Crippen LogP contribution in [-0.4, -0.2) is 48.9 Å². The van der Waals surface area contributed by atoms with Gasteiger partial charge in [-0.2, -0.15) is 0 Å². The number of carbonyl (C=O) groups excluding carboxylic acids is 1. The molecule has 1 atom stereocenters. The number of hydrogen-bond acceptors (Lipinski definition) is 3. The average Bonchev–Trinajstić information content (AvgIpc) is 2.60. The molecule has 0 bridgehead atoms. The lowest BCUT2D eigenvalue weighted by atomic mass is 10.0. The average molecular weight is 327 g/mol. The van der Waals surface area contributed by atoms with E-state index in [1.54, 1.807) is 12.1 Å². The number of nitrogens with one attached hydrogen (secondary N) is 1. The van der Waals surface area contributed by atoms with Gasteiger partial charge < -0.3 is 10.2 Å². The quantitative estimate of drug-likeness (QED) is 0.938. The Balaban J connectivity index is 1.81. The van der Waals surface area contributed by atoms with E-state index in [0.29, 0.717) is 5.69 Å². The molecule has 1 fully saturated rings. The number of carbonyl (C=O) groups is 1. The standard InChI is InChI=1S/C19H22FN3O/c1-22-11-13-23(14-12-22)18(15-5-3-2-4-6-15)19(24)21-17-9-7-16(20)8-10-17/h2-10,18H,11-14H2,1H3,(H,21,24). The van der Waals surface area contributed by atoms with Crippen LogP contribution in [0.5, 0.6) is 0 Å². The van der Waals surface area contributed by atoms with Crippen molar-refractivity contribution in [2.75, 3.05) is 38.5 Å². The maximum Gasteiger partial charge on any atom is 0.246 e. The molecule has 0 radical (unpaired) electrons. The molecule has 5 heteroatoms. The smallest absolute Gasteiger partial charge is 0.246 e. The number of benzene rings is 2. The fraction of sp³-hybridized carbons (Fsp3) is 0.316. The first kappa shape index (κ1) is 16.6. The van der Waals surface area contributed by atoms with E-state index in [9.17, 15) is 9.18 Å². The Bertz CT molecular complexity index is 667. The first-order valence-electron chi connectivity index (χ1n) is 8.17. The van der Waals surface area contributed by atoms with Crippen LogP contribution in [0, 0.1) is 5.82 Å². The first-order valence-corrected chi connectivity index (χ1v) is 8.17. The number of likely N-dealkylation sites (N-methyl/N-ethyl adjacent to an activating group) is 1. The Morgan fingerprint density at radius 2 is 1.62 bits per heavy atom. The summed E-state index contributed by atoms with van der Waals surface area (Å²) in [6.07, 6.45) is 0. The van der Waals surface area contributed by atoms with Crippen molar-refractivity contribution < 1.29 is 9.18 Å². The topological polar surface area (TPSA) is 35.6 Å². The zero-order valence-electron chi connectivity index (χ0n) is 13.8. The van der Waals surface area contributed by atoms with Gasteiger partial charge in [-0.05, 0) is 36.9 Å². The van der Waals surface area contributed by atoms with Crippen LogP contribution in [0.2, 0.25) is 0 Å². The summed E-state index contributed by atoms with van der Waals surface area (Å²) >= 11 is 0. The third-order valence-corrected chi connectivity index (χ3v) is 4.38. The molecule has 0 aliphatic carbocycles. The fourth-order valence-electron chi connectivity index (χ4n) is 2.99. The van der Waals surface area contributed by atoms with Crippen molar-refractivity contribution in [2.45, 2.75) is 6.04 Å². The highest BCUT2D eigenvalue weighted by molar-refractivity contribution is 5.95. The second kappa shape index (κ2) is 7.55. The highest BCUT2D eigenvalue weighted by Crippen LogP contribution is 2.24. The van der Waals surface area contributed by atoms with Crippen molar-refractivity contribution in [2.24, 2.45) is 0 Å². The lowest BCUT2D eigenvalue weighted by Gasteiger charge is -2.37. The summed E-state index contributed by atoms with van der Waals surface area (Å²) in [4.78, 5) is 17.4. The normalized spacial score (nSPS) is 17.4. The molecule has 126 valence electrons. The molecule has 1 aliphatic heterocycles. The van der Waals surface area contributed by atoms with E-state index in [1.165, 1.54) is 12.1 Å². The molecule has 3 rings (SSSR count). The predicted molar refractivity (Wildman–Crippen MR) is 93.3 cm³/mol. The number of anilines is 1. The van der Waals surface area contributed by atoms with Crippen LogP contribution >= 0.6 is 0 Å². The van der Waals surface area contributed by atoms with Crippen molar-refractivity contribution in [3.05, 3.63) is 66.0 Å². The van der Waals surface area contributed by atoms with Gasteiger partial charge in [0.05, 0.1) is 0 Å². The molecular weight excluding hydrogens is 305 g/mol. The van der Waals surface area contributed by atoms with Crippen molar-refractivity contribution in [1.82, 2.24) is 9.80 Å². The molecule has 2 aromatic rings. The first-order chi connectivity index (χ1) is 11.6. The Kier molecular flexibility index (Phi) is 5.23. The van der Waals surface area contributed by atoms with Crippen molar-refractivity contribution in [1.29, 1.82) is 0 Å². The zero-order valence-corrected chi connectivity index (χ0v) is 13.8. The Hall–Kier alpha value is -2.24. The molecule has 1 saturated heterocycles. The Labute approximate surface area is 141 Å². The monoisotopic (exact) mass is 327 g/mol. The molecule has 1 unspecified atom stereocenters. The van der Waals surface area contributed by atoms with Crippen LogP contribution < -0.4 is 5.32 Å². The van der Waals surface area contributed by atoms with Crippen LogP contribution in [0.3, 0.4) is 0 Å². The Morgan fingerprint density at radius 3 is 2.25 bits per heavy atom. The van der Waals surface area contributed by atoms with E-state index < -0.39 is 0 Å². The number of rotatable bonds is 4. The van der Waals surface area contributed by atoms with E-state index in [0.717, 1.165) is 31.7 Å². The van der Waals surface area contributed by atoms with E-state index >= 15 is 0 Å². The van der Waals surface area contributed by atoms with E-state index in [-0.39, 0.29) is 17.8 Å². The van der Waals surface area contributed by atoms with Crippen LogP contribution in [0.15, 0.2) is 54.6 Å². The number of piperazine rings is 1. The number of halogens is 1. The summed E-state index contributed by atoms with van der Waals surface area (Å²) in [7, 11) is 2.09. The molecule has 0 aromatic heterocycles. The lowest BCUT2D eigenvalue weighted by molar-refractivity contribution is -0.122. The fourth-order valence-corrected chi connectivity index (χ4v) is 2.99. The van der Waals surface area contributed by atoms with E-state index in [2.05, 4.69) is 22.2 Å². The highest BCUT2D eigenvalue weighted by Gasteiger charge is 2.29. The summed E-state index contributed by atoms with van der Waals surface area (Å²) in [5, 5.41) is 2.92. The SMILES string of the molecule is CN1CCN(C(C(=O)Nc2ccc(F)cc2)c2ccccc2)CC1. The second-order valence-electron chi connectivity index (χ2n) is 6.15. The minimum Gasteiger partial charge on any atom is -0.324 e. The zero-order chi connectivity index (χ0) is 16.9. The second-order valence-corrected chi connectivity index (χ2v) is 6.15. The maximum atomic E-state index is 13.0. The lowest BCUT2D eigenvalue weighted by Crippen LogP contribution is -2.48. The molecule has 0 spiro atoms. The largest absolute Gasteiger partial charge is 0.324 e. The number of hydrogen-bond donors (Lipinski definition) is 1. The molecule has 2 aromatic carbocycles. The van der Waals surface area contributed by atoms with Gasteiger partial charge in [-0.15, -0.1) is 0 Å². The van der Waals surface area contributed by atoms with Crippen molar-refractivity contribution >= 4 is 11.6 Å². The number of nitrogens with zero attached hydrogens (tertiary/aromatic N) is 2. The summed E-state index contributed by atoms with van der Waals surface area (Å²) in [6.45, 7) is 3.56. The van der Waals surface area contributed by atoms with Gasteiger partial charge >= 0.3 is 0 Å². The minimum atomic E-state index is -0.343. The van der Waals surface area contributed by atoms with E-state index in [1.807, 2.05) is 30.3 Å². The molecule has 0 saturated carbocycles. The van der Waals surface area contributed by atoms with Crippen LogP contribution in [0.1, 0.15) is 11.6 Å². The van der Waals surface area contributed by atoms with Gasteiger partial charge in [0, 0.05) is 31.9 Å². The van der Waals surface area contributed by atoms with Crippen LogP contribution in [0.4, 0.5) is 10.1 Å². The molecular formula is C19H22FN3O. The van der Waals surface area contributed by atoms with Crippen LogP contribution in [0.25, 0.3) is 0 Å². The van der Waals surface area contributed by atoms with Gasteiger partial charge in [-0.25, -0.2) is 4.39 Å². The summed E-state index contributed by atoms with van der Waals surface area (Å²) < 4.78 is 13.0. The molecule has 24 heavy (non-hydrogen) atoms. The summed E-state index contributed by atoms with van der Waals surface area (Å²) in [6, 6.07) is 15.3.